The molecule has 4 aromatic rings. The molecular weight excluding hydrogens is 412 g/mol. The second-order valence-electron chi connectivity index (χ2n) is 7.96. The highest BCUT2D eigenvalue weighted by molar-refractivity contribution is 5.83. The summed E-state index contributed by atoms with van der Waals surface area (Å²) in [4.78, 5) is 18.3. The molecule has 1 N–H and O–H groups in total. The minimum Gasteiger partial charge on any atom is -0.439 e. The molecule has 0 atom stereocenters. The van der Waals surface area contributed by atoms with E-state index in [1.807, 2.05) is 42.5 Å². The van der Waals surface area contributed by atoms with E-state index in [4.69, 9.17) is 11.2 Å². The lowest BCUT2D eigenvalue weighted by molar-refractivity contribution is 0.313. The fourth-order valence-electron chi connectivity index (χ4n) is 3.78. The first-order chi connectivity index (χ1) is 16.2. The summed E-state index contributed by atoms with van der Waals surface area (Å²) in [5.74, 6) is 4.20. The van der Waals surface area contributed by atoms with Crippen LogP contribution in [0, 0.1) is 12.3 Å². The van der Waals surface area contributed by atoms with Crippen LogP contribution in [0.2, 0.25) is 0 Å². The standard InChI is InChI=1S/C26H24N6O/c1-3-19-17-24(33-22-7-5-4-6-8-22)29-25-23(19)18-27-26(30-25)28-20-9-11-21(12-10-20)32-15-13-31(2)14-16-32/h1,4-12,17-18H,13-16H2,2H3,(H,27,28,29,30). The van der Waals surface area contributed by atoms with Crippen LogP contribution in [0.25, 0.3) is 11.0 Å². The molecule has 5 rings (SSSR count). The molecule has 164 valence electrons. The van der Waals surface area contributed by atoms with Crippen molar-refractivity contribution < 1.29 is 4.74 Å². The Morgan fingerprint density at radius 2 is 1.73 bits per heavy atom. The van der Waals surface area contributed by atoms with E-state index in [9.17, 15) is 0 Å². The van der Waals surface area contributed by atoms with Crippen LogP contribution in [0.15, 0.2) is 66.9 Å². The van der Waals surface area contributed by atoms with Crippen molar-refractivity contribution in [1.82, 2.24) is 19.9 Å². The van der Waals surface area contributed by atoms with Gasteiger partial charge in [-0.2, -0.15) is 9.97 Å². The van der Waals surface area contributed by atoms with Gasteiger partial charge in [-0.25, -0.2) is 4.98 Å². The summed E-state index contributed by atoms with van der Waals surface area (Å²) in [5.41, 5.74) is 3.23. The number of rotatable bonds is 5. The molecule has 1 fully saturated rings. The van der Waals surface area contributed by atoms with Crippen LogP contribution in [0.4, 0.5) is 17.3 Å². The van der Waals surface area contributed by atoms with Gasteiger partial charge < -0.3 is 19.9 Å². The number of benzene rings is 2. The number of anilines is 3. The van der Waals surface area contributed by atoms with Gasteiger partial charge in [0.15, 0.2) is 5.65 Å². The number of hydrogen-bond acceptors (Lipinski definition) is 7. The molecule has 0 aliphatic carbocycles. The summed E-state index contributed by atoms with van der Waals surface area (Å²) in [6.07, 6.45) is 7.40. The van der Waals surface area contributed by atoms with Gasteiger partial charge in [0.25, 0.3) is 0 Å². The fraction of sp³-hybridized carbons (Fsp3) is 0.192. The van der Waals surface area contributed by atoms with Crippen LogP contribution in [0.3, 0.4) is 0 Å². The number of ether oxygens (including phenoxy) is 1. The average molecular weight is 437 g/mol. The van der Waals surface area contributed by atoms with Crippen molar-refractivity contribution in [3.05, 3.63) is 72.4 Å². The number of nitrogens with one attached hydrogen (secondary N) is 1. The molecule has 0 amide bonds. The van der Waals surface area contributed by atoms with Crippen LogP contribution in [-0.2, 0) is 0 Å². The third kappa shape index (κ3) is 4.71. The summed E-state index contributed by atoms with van der Waals surface area (Å²) < 4.78 is 5.87. The summed E-state index contributed by atoms with van der Waals surface area (Å²) in [6.45, 7) is 4.22. The number of likely N-dealkylation sites (N-methyl/N-ethyl adjacent to an activating group) is 1. The van der Waals surface area contributed by atoms with Crippen molar-refractivity contribution in [1.29, 1.82) is 0 Å². The molecule has 1 saturated heterocycles. The van der Waals surface area contributed by atoms with Gasteiger partial charge in [-0.05, 0) is 43.4 Å². The number of terminal acetylenes is 1. The first-order valence-corrected chi connectivity index (χ1v) is 10.9. The van der Waals surface area contributed by atoms with Crippen molar-refractivity contribution in [3.8, 4) is 24.0 Å². The summed E-state index contributed by atoms with van der Waals surface area (Å²) in [5, 5.41) is 3.96. The first kappa shape index (κ1) is 20.7. The lowest BCUT2D eigenvalue weighted by atomic mass is 10.2. The number of nitrogens with zero attached hydrogens (tertiary/aromatic N) is 5. The molecule has 7 heteroatoms. The largest absolute Gasteiger partial charge is 0.439 e. The molecule has 1 aliphatic rings. The number of fused-ring (bicyclic) bond motifs is 1. The highest BCUT2D eigenvalue weighted by Crippen LogP contribution is 2.26. The van der Waals surface area contributed by atoms with Crippen LogP contribution >= 0.6 is 0 Å². The molecular formula is C26H24N6O. The van der Waals surface area contributed by atoms with Gasteiger partial charge in [0, 0.05) is 55.4 Å². The van der Waals surface area contributed by atoms with Crippen molar-refractivity contribution in [2.45, 2.75) is 0 Å². The zero-order valence-electron chi connectivity index (χ0n) is 18.4. The van der Waals surface area contributed by atoms with Gasteiger partial charge in [-0.1, -0.05) is 24.1 Å². The van der Waals surface area contributed by atoms with E-state index >= 15 is 0 Å². The molecule has 2 aromatic carbocycles. The molecule has 3 heterocycles. The Hall–Kier alpha value is -4.15. The van der Waals surface area contributed by atoms with E-state index in [1.165, 1.54) is 5.69 Å². The Balaban J connectivity index is 1.36. The maximum Gasteiger partial charge on any atom is 0.229 e. The number of aromatic nitrogens is 3. The lowest BCUT2D eigenvalue weighted by Gasteiger charge is -2.34. The predicted octanol–water partition coefficient (Wildman–Crippen LogP) is 4.29. The monoisotopic (exact) mass is 436 g/mol. The molecule has 0 bridgehead atoms. The summed E-state index contributed by atoms with van der Waals surface area (Å²) >= 11 is 0. The highest BCUT2D eigenvalue weighted by atomic mass is 16.5. The molecule has 33 heavy (non-hydrogen) atoms. The first-order valence-electron chi connectivity index (χ1n) is 10.9. The van der Waals surface area contributed by atoms with E-state index in [1.54, 1.807) is 12.3 Å². The highest BCUT2D eigenvalue weighted by Gasteiger charge is 2.14. The van der Waals surface area contributed by atoms with Gasteiger partial charge in [-0.15, -0.1) is 6.42 Å². The van der Waals surface area contributed by atoms with Gasteiger partial charge in [0.2, 0.25) is 11.8 Å². The van der Waals surface area contributed by atoms with Crippen LogP contribution in [0.5, 0.6) is 11.6 Å². The minimum atomic E-state index is 0.392. The summed E-state index contributed by atoms with van der Waals surface area (Å²) in [6, 6.07) is 19.5. The smallest absolute Gasteiger partial charge is 0.229 e. The minimum absolute atomic E-state index is 0.392. The van der Waals surface area contributed by atoms with Crippen molar-refractivity contribution in [2.24, 2.45) is 0 Å². The Bertz CT molecular complexity index is 1290. The zero-order chi connectivity index (χ0) is 22.6. The van der Waals surface area contributed by atoms with E-state index in [0.29, 0.717) is 34.2 Å². The number of hydrogen-bond donors (Lipinski definition) is 1. The second kappa shape index (κ2) is 9.15. The predicted molar refractivity (Wildman–Crippen MR) is 131 cm³/mol. The van der Waals surface area contributed by atoms with E-state index < -0.39 is 0 Å². The third-order valence-corrected chi connectivity index (χ3v) is 5.66. The summed E-state index contributed by atoms with van der Waals surface area (Å²) in [7, 11) is 2.16. The van der Waals surface area contributed by atoms with Crippen LogP contribution in [0.1, 0.15) is 5.56 Å². The number of piperazine rings is 1. The third-order valence-electron chi connectivity index (χ3n) is 5.66. The van der Waals surface area contributed by atoms with Gasteiger partial charge in [-0.3, -0.25) is 0 Å². The van der Waals surface area contributed by atoms with Gasteiger partial charge in [0.05, 0.1) is 5.39 Å². The van der Waals surface area contributed by atoms with Crippen LogP contribution < -0.4 is 15.0 Å². The molecule has 1 aliphatic heterocycles. The molecule has 7 nitrogen and oxygen atoms in total. The normalized spacial score (nSPS) is 14.1. The maximum absolute atomic E-state index is 5.87. The Morgan fingerprint density at radius 1 is 0.970 bits per heavy atom. The second-order valence-corrected chi connectivity index (χ2v) is 7.96. The molecule has 0 unspecified atom stereocenters. The van der Waals surface area contributed by atoms with Crippen molar-refractivity contribution >= 4 is 28.4 Å². The van der Waals surface area contributed by atoms with Gasteiger partial charge in [0.1, 0.15) is 5.75 Å². The number of para-hydroxylation sites is 1. The lowest BCUT2D eigenvalue weighted by Crippen LogP contribution is -2.44. The van der Waals surface area contributed by atoms with E-state index in [-0.39, 0.29) is 0 Å². The molecule has 0 spiro atoms. The van der Waals surface area contributed by atoms with Gasteiger partial charge >= 0.3 is 0 Å². The topological polar surface area (TPSA) is 66.4 Å². The Morgan fingerprint density at radius 3 is 2.45 bits per heavy atom. The van der Waals surface area contributed by atoms with Crippen molar-refractivity contribution in [3.63, 3.8) is 0 Å². The van der Waals surface area contributed by atoms with E-state index in [0.717, 1.165) is 31.9 Å². The Labute approximate surface area is 193 Å². The fourth-order valence-corrected chi connectivity index (χ4v) is 3.78. The molecule has 2 aromatic heterocycles. The number of pyridine rings is 1. The van der Waals surface area contributed by atoms with Crippen molar-refractivity contribution in [2.75, 3.05) is 43.4 Å². The van der Waals surface area contributed by atoms with Crippen LogP contribution in [-0.4, -0.2) is 53.1 Å². The average Bonchev–Trinajstić information content (AvgIpc) is 2.85. The Kier molecular flexibility index (Phi) is 5.75. The molecule has 0 radical (unpaired) electrons. The maximum atomic E-state index is 5.87. The SMILES string of the molecule is C#Cc1cc(Oc2ccccc2)nc2nc(Nc3ccc(N4CCN(C)CC4)cc3)ncc12. The quantitative estimate of drug-likeness (QED) is 0.468. The molecule has 0 saturated carbocycles. The van der Waals surface area contributed by atoms with E-state index in [2.05, 4.69) is 55.2 Å². The zero-order valence-corrected chi connectivity index (χ0v) is 18.4.